The molecule has 1 fully saturated rings. The van der Waals surface area contributed by atoms with Crippen LogP contribution in [0.3, 0.4) is 0 Å². The number of fused-ring (bicyclic) bond motifs is 1. The highest BCUT2D eigenvalue weighted by Gasteiger charge is 2.35. The van der Waals surface area contributed by atoms with Gasteiger partial charge in [0.2, 0.25) is 0 Å². The molecular weight excluding hydrogens is 316 g/mol. The fourth-order valence-corrected chi connectivity index (χ4v) is 2.68. The van der Waals surface area contributed by atoms with E-state index < -0.39 is 11.9 Å². The van der Waals surface area contributed by atoms with Crippen LogP contribution in [-0.4, -0.2) is 39.5 Å². The number of aliphatic carboxylic acids is 1. The summed E-state index contributed by atoms with van der Waals surface area (Å²) in [7, 11) is 0. The van der Waals surface area contributed by atoms with Crippen molar-refractivity contribution < 1.29 is 14.7 Å². The van der Waals surface area contributed by atoms with Crippen LogP contribution < -0.4 is 0 Å². The molecule has 23 heavy (non-hydrogen) atoms. The van der Waals surface area contributed by atoms with Crippen molar-refractivity contribution in [3.05, 3.63) is 41.0 Å². The van der Waals surface area contributed by atoms with Crippen molar-refractivity contribution in [3.8, 4) is 0 Å². The molecular formula is C17H17ClN2O3. The van der Waals surface area contributed by atoms with Crippen LogP contribution in [0.25, 0.3) is 10.9 Å². The van der Waals surface area contributed by atoms with Crippen LogP contribution in [-0.2, 0) is 4.79 Å². The Kier molecular flexibility index (Phi) is 4.22. The van der Waals surface area contributed by atoms with Crippen LogP contribution in [0.5, 0.6) is 0 Å². The van der Waals surface area contributed by atoms with E-state index in [1.165, 1.54) is 0 Å². The van der Waals surface area contributed by atoms with Gasteiger partial charge in [0.25, 0.3) is 5.91 Å². The number of pyridine rings is 1. The predicted molar refractivity (Wildman–Crippen MR) is 87.6 cm³/mol. The third-order valence-electron chi connectivity index (χ3n) is 4.01. The van der Waals surface area contributed by atoms with Gasteiger partial charge in [-0.05, 0) is 31.0 Å². The third kappa shape index (κ3) is 3.45. The molecule has 1 heterocycles. The molecule has 6 heteroatoms. The van der Waals surface area contributed by atoms with E-state index in [0.29, 0.717) is 16.2 Å². The Bertz CT molecular complexity index is 774. The van der Waals surface area contributed by atoms with E-state index in [-0.39, 0.29) is 18.5 Å². The molecule has 0 spiro atoms. The van der Waals surface area contributed by atoms with E-state index in [4.69, 9.17) is 16.7 Å². The van der Waals surface area contributed by atoms with Crippen molar-refractivity contribution in [1.29, 1.82) is 0 Å². The van der Waals surface area contributed by atoms with Gasteiger partial charge in [0.05, 0.1) is 11.4 Å². The number of aromatic nitrogens is 1. The number of halogens is 1. The van der Waals surface area contributed by atoms with Gasteiger partial charge < -0.3 is 10.0 Å². The van der Waals surface area contributed by atoms with Gasteiger partial charge in [-0.2, -0.15) is 0 Å². The van der Waals surface area contributed by atoms with Crippen LogP contribution in [0, 0.1) is 5.92 Å². The summed E-state index contributed by atoms with van der Waals surface area (Å²) in [6, 6.07) is 8.98. The largest absolute Gasteiger partial charge is 0.481 e. The van der Waals surface area contributed by atoms with Gasteiger partial charge in [0, 0.05) is 23.0 Å². The molecule has 0 saturated heterocycles. The van der Waals surface area contributed by atoms with Crippen LogP contribution in [0.4, 0.5) is 0 Å². The van der Waals surface area contributed by atoms with Crippen LogP contribution in [0.1, 0.15) is 30.3 Å². The zero-order chi connectivity index (χ0) is 16.6. The standard InChI is InChI=1S/C17H17ClN2O3/c1-10(17(22)23)9-20(13-5-6-13)16(21)14-7-3-11-2-4-12(18)8-15(11)19-14/h2-4,7-8,10,13H,5-6,9H2,1H3,(H,22,23). The predicted octanol–water partition coefficient (Wildman–Crippen LogP) is 3.21. The Morgan fingerprint density at radius 2 is 2.04 bits per heavy atom. The minimum Gasteiger partial charge on any atom is -0.481 e. The van der Waals surface area contributed by atoms with E-state index in [0.717, 1.165) is 18.2 Å². The van der Waals surface area contributed by atoms with Crippen LogP contribution >= 0.6 is 11.6 Å². The number of benzene rings is 1. The Morgan fingerprint density at radius 3 is 2.70 bits per heavy atom. The number of hydrogen-bond acceptors (Lipinski definition) is 3. The van der Waals surface area contributed by atoms with E-state index in [1.54, 1.807) is 30.0 Å². The zero-order valence-corrected chi connectivity index (χ0v) is 13.5. The summed E-state index contributed by atoms with van der Waals surface area (Å²) in [6.07, 6.45) is 1.83. The molecule has 1 aliphatic carbocycles. The van der Waals surface area contributed by atoms with E-state index in [1.807, 2.05) is 12.1 Å². The maximum absolute atomic E-state index is 12.8. The first kappa shape index (κ1) is 15.7. The fraction of sp³-hybridized carbons (Fsp3) is 0.353. The average Bonchev–Trinajstić information content (AvgIpc) is 3.35. The second-order valence-corrected chi connectivity index (χ2v) is 6.40. The molecule has 1 aliphatic rings. The molecule has 5 nitrogen and oxygen atoms in total. The first-order valence-corrected chi connectivity index (χ1v) is 7.93. The highest BCUT2D eigenvalue weighted by molar-refractivity contribution is 6.31. The second kappa shape index (κ2) is 6.16. The normalized spacial score (nSPS) is 15.4. The second-order valence-electron chi connectivity index (χ2n) is 5.96. The SMILES string of the molecule is CC(CN(C(=O)c1ccc2ccc(Cl)cc2n1)C1CC1)C(=O)O. The summed E-state index contributed by atoms with van der Waals surface area (Å²) in [5.74, 6) is -1.72. The quantitative estimate of drug-likeness (QED) is 0.912. The van der Waals surface area contributed by atoms with Gasteiger partial charge in [-0.25, -0.2) is 4.98 Å². The first-order valence-electron chi connectivity index (χ1n) is 7.56. The molecule has 0 bridgehead atoms. The summed E-state index contributed by atoms with van der Waals surface area (Å²) in [5.41, 5.74) is 0.981. The highest BCUT2D eigenvalue weighted by Crippen LogP contribution is 2.29. The van der Waals surface area contributed by atoms with E-state index in [9.17, 15) is 9.59 Å². The summed E-state index contributed by atoms with van der Waals surface area (Å²) >= 11 is 5.98. The molecule has 1 atom stereocenters. The molecule has 0 radical (unpaired) electrons. The molecule has 120 valence electrons. The molecule has 1 amide bonds. The Hall–Kier alpha value is -2.14. The third-order valence-corrected chi connectivity index (χ3v) is 4.25. The van der Waals surface area contributed by atoms with Crippen LogP contribution in [0.15, 0.2) is 30.3 Å². The number of hydrogen-bond donors (Lipinski definition) is 1. The number of rotatable bonds is 5. The lowest BCUT2D eigenvalue weighted by atomic mass is 10.1. The monoisotopic (exact) mass is 332 g/mol. The topological polar surface area (TPSA) is 70.5 Å². The number of carbonyl (C=O) groups is 2. The number of amides is 1. The smallest absolute Gasteiger partial charge is 0.308 e. The van der Waals surface area contributed by atoms with Crippen molar-refractivity contribution >= 4 is 34.4 Å². The van der Waals surface area contributed by atoms with E-state index in [2.05, 4.69) is 4.98 Å². The zero-order valence-electron chi connectivity index (χ0n) is 12.7. The van der Waals surface area contributed by atoms with Gasteiger partial charge in [0.15, 0.2) is 0 Å². The summed E-state index contributed by atoms with van der Waals surface area (Å²) in [6.45, 7) is 1.81. The minimum atomic E-state index is -0.901. The van der Waals surface area contributed by atoms with Crippen LogP contribution in [0.2, 0.25) is 5.02 Å². The molecule has 1 N–H and O–H groups in total. The maximum Gasteiger partial charge on any atom is 0.308 e. The van der Waals surface area contributed by atoms with Gasteiger partial charge in [-0.3, -0.25) is 9.59 Å². The van der Waals surface area contributed by atoms with Crippen molar-refractivity contribution in [1.82, 2.24) is 9.88 Å². The van der Waals surface area contributed by atoms with Crippen molar-refractivity contribution in [2.75, 3.05) is 6.54 Å². The Morgan fingerprint density at radius 1 is 1.35 bits per heavy atom. The Balaban J connectivity index is 1.89. The molecule has 0 aliphatic heterocycles. The lowest BCUT2D eigenvalue weighted by Gasteiger charge is -2.24. The average molecular weight is 333 g/mol. The first-order chi connectivity index (χ1) is 11.0. The molecule has 3 rings (SSSR count). The Labute approximate surface area is 138 Å². The van der Waals surface area contributed by atoms with Gasteiger partial charge in [0.1, 0.15) is 5.69 Å². The van der Waals surface area contributed by atoms with Crippen molar-refractivity contribution in [2.45, 2.75) is 25.8 Å². The summed E-state index contributed by atoms with van der Waals surface area (Å²) in [5, 5.41) is 10.6. The van der Waals surface area contributed by atoms with Gasteiger partial charge in [-0.1, -0.05) is 30.7 Å². The number of nitrogens with zero attached hydrogens (tertiary/aromatic N) is 2. The highest BCUT2D eigenvalue weighted by atomic mass is 35.5. The van der Waals surface area contributed by atoms with Gasteiger partial charge >= 0.3 is 5.97 Å². The molecule has 1 unspecified atom stereocenters. The lowest BCUT2D eigenvalue weighted by molar-refractivity contribution is -0.141. The number of carboxylic acids is 1. The fourth-order valence-electron chi connectivity index (χ4n) is 2.51. The molecule has 1 aromatic heterocycles. The molecule has 2 aromatic rings. The maximum atomic E-state index is 12.8. The van der Waals surface area contributed by atoms with E-state index >= 15 is 0 Å². The summed E-state index contributed by atoms with van der Waals surface area (Å²) < 4.78 is 0. The molecule has 1 saturated carbocycles. The number of carbonyl (C=O) groups excluding carboxylic acids is 1. The summed E-state index contributed by atoms with van der Waals surface area (Å²) in [4.78, 5) is 29.9. The van der Waals surface area contributed by atoms with Gasteiger partial charge in [-0.15, -0.1) is 0 Å². The minimum absolute atomic E-state index is 0.126. The lowest BCUT2D eigenvalue weighted by Crippen LogP contribution is -2.39. The molecule has 1 aromatic carbocycles. The van der Waals surface area contributed by atoms with Crippen molar-refractivity contribution in [2.24, 2.45) is 5.92 Å². The number of carboxylic acid groups (broad SMARTS) is 1. The van der Waals surface area contributed by atoms with Crippen molar-refractivity contribution in [3.63, 3.8) is 0 Å².